The Kier molecular flexibility index (Phi) is 5.44. The summed E-state index contributed by atoms with van der Waals surface area (Å²) in [5.74, 6) is -0.0402. The summed E-state index contributed by atoms with van der Waals surface area (Å²) in [5, 5.41) is 17.5. The van der Waals surface area contributed by atoms with Crippen LogP contribution in [0.3, 0.4) is 0 Å². The van der Waals surface area contributed by atoms with Crippen LogP contribution in [-0.4, -0.2) is 56.7 Å². The molecular formula is C24H26N8O4. The molecule has 2 fully saturated rings. The van der Waals surface area contributed by atoms with Gasteiger partial charge in [0.05, 0.1) is 35.8 Å². The number of hydrogen-bond acceptors (Lipinski definition) is 9. The minimum Gasteiger partial charge on any atom is -0.386 e. The molecule has 4 heterocycles. The van der Waals surface area contributed by atoms with Crippen LogP contribution in [0.5, 0.6) is 0 Å². The van der Waals surface area contributed by atoms with Gasteiger partial charge in [0.15, 0.2) is 5.52 Å². The summed E-state index contributed by atoms with van der Waals surface area (Å²) in [6, 6.07) is 5.50. The maximum absolute atomic E-state index is 13.2. The first-order valence-corrected chi connectivity index (χ1v) is 11.9. The van der Waals surface area contributed by atoms with E-state index in [0.717, 1.165) is 25.7 Å². The van der Waals surface area contributed by atoms with Crippen molar-refractivity contribution in [3.05, 3.63) is 52.9 Å². The van der Waals surface area contributed by atoms with Gasteiger partial charge in [-0.25, -0.2) is 4.98 Å². The number of pyridine rings is 2. The van der Waals surface area contributed by atoms with Gasteiger partial charge in [0.1, 0.15) is 17.0 Å². The highest BCUT2D eigenvalue weighted by Gasteiger charge is 2.34. The van der Waals surface area contributed by atoms with E-state index in [2.05, 4.69) is 31.2 Å². The van der Waals surface area contributed by atoms with E-state index in [9.17, 15) is 9.59 Å². The van der Waals surface area contributed by atoms with Crippen molar-refractivity contribution in [1.29, 1.82) is 0 Å². The third kappa shape index (κ3) is 3.88. The van der Waals surface area contributed by atoms with Gasteiger partial charge in [-0.2, -0.15) is 5.10 Å². The third-order valence-corrected chi connectivity index (χ3v) is 6.74. The summed E-state index contributed by atoms with van der Waals surface area (Å²) in [7, 11) is 3.36. The molecule has 12 heteroatoms. The van der Waals surface area contributed by atoms with Crippen molar-refractivity contribution < 1.29 is 14.1 Å². The van der Waals surface area contributed by atoms with Crippen LogP contribution in [0, 0.1) is 0 Å². The lowest BCUT2D eigenvalue weighted by atomic mass is 9.89. The Morgan fingerprint density at radius 3 is 2.78 bits per heavy atom. The number of ether oxygens (including phenoxy) is 1. The van der Waals surface area contributed by atoms with Gasteiger partial charge in [0.2, 0.25) is 5.76 Å². The quantitative estimate of drug-likeness (QED) is 0.340. The Labute approximate surface area is 205 Å². The molecule has 2 aliphatic rings. The predicted molar refractivity (Wildman–Crippen MR) is 132 cm³/mol. The number of nitrogens with zero attached hydrogens (tertiary/aromatic N) is 5. The van der Waals surface area contributed by atoms with Crippen LogP contribution >= 0.6 is 0 Å². The van der Waals surface area contributed by atoms with Crippen molar-refractivity contribution in [2.24, 2.45) is 0 Å². The summed E-state index contributed by atoms with van der Waals surface area (Å²) < 4.78 is 14.2. The molecule has 4 aromatic rings. The summed E-state index contributed by atoms with van der Waals surface area (Å²) in [6.45, 7) is 0. The number of anilines is 3. The molecule has 0 bridgehead atoms. The van der Waals surface area contributed by atoms with Gasteiger partial charge in [0, 0.05) is 32.6 Å². The highest BCUT2D eigenvalue weighted by molar-refractivity contribution is 6.05. The van der Waals surface area contributed by atoms with Crippen LogP contribution in [0.15, 0.2) is 46.1 Å². The largest absolute Gasteiger partial charge is 0.386 e. The second-order valence-corrected chi connectivity index (χ2v) is 9.08. The fraction of sp³-hybridized carbons (Fsp3) is 0.375. The first kappa shape index (κ1) is 22.3. The molecule has 0 saturated heterocycles. The normalized spacial score (nSPS) is 19.2. The molecule has 2 aliphatic carbocycles. The first-order valence-electron chi connectivity index (χ1n) is 11.9. The standard InChI is InChI=1S/C24H26N8O4/c1-25-17-10-19(29-21-20(17)30-36-22(21)23(33)28-15-7-8-18(15)35-2)27-16-4-3-9-31(24(16)34)14-11-26-32(12-14)13-5-6-13/h3-4,9-13,15,18,25H,5-8H2,1-2H3,(H,27,29)(H,28,33)/t15-,18-/m1/s1. The highest BCUT2D eigenvalue weighted by atomic mass is 16.5. The molecule has 186 valence electrons. The summed E-state index contributed by atoms with van der Waals surface area (Å²) in [6.07, 6.45) is 9.19. The minimum absolute atomic E-state index is 0.00451. The number of aromatic nitrogens is 5. The number of amides is 1. The van der Waals surface area contributed by atoms with Crippen molar-refractivity contribution >= 4 is 34.1 Å². The Bertz CT molecular complexity index is 1500. The van der Waals surface area contributed by atoms with Gasteiger partial charge in [-0.3, -0.25) is 18.8 Å². The van der Waals surface area contributed by atoms with Gasteiger partial charge in [-0.1, -0.05) is 5.16 Å². The second-order valence-electron chi connectivity index (χ2n) is 9.08. The molecule has 3 N–H and O–H groups in total. The zero-order chi connectivity index (χ0) is 24.8. The van der Waals surface area contributed by atoms with E-state index in [1.54, 1.807) is 44.8 Å². The van der Waals surface area contributed by atoms with Crippen LogP contribution < -0.4 is 21.5 Å². The van der Waals surface area contributed by atoms with Crippen LogP contribution in [-0.2, 0) is 4.74 Å². The van der Waals surface area contributed by atoms with E-state index in [1.807, 2.05) is 10.9 Å². The van der Waals surface area contributed by atoms with E-state index in [4.69, 9.17) is 9.26 Å². The zero-order valence-corrected chi connectivity index (χ0v) is 19.9. The topological polar surface area (TPSA) is 141 Å². The Morgan fingerprint density at radius 1 is 1.19 bits per heavy atom. The molecular weight excluding hydrogens is 464 g/mol. The van der Waals surface area contributed by atoms with Crippen LogP contribution in [0.25, 0.3) is 16.7 Å². The van der Waals surface area contributed by atoms with Gasteiger partial charge >= 0.3 is 0 Å². The molecule has 4 aromatic heterocycles. The Balaban J connectivity index is 1.31. The average molecular weight is 491 g/mol. The van der Waals surface area contributed by atoms with Gasteiger partial charge < -0.3 is 25.2 Å². The lowest BCUT2D eigenvalue weighted by Crippen LogP contribution is -2.51. The van der Waals surface area contributed by atoms with Crippen molar-refractivity contribution in [2.75, 3.05) is 24.8 Å². The predicted octanol–water partition coefficient (Wildman–Crippen LogP) is 2.60. The molecule has 2 saturated carbocycles. The second kappa shape index (κ2) is 8.79. The zero-order valence-electron chi connectivity index (χ0n) is 19.9. The number of carbonyl (C=O) groups is 1. The lowest BCUT2D eigenvalue weighted by Gasteiger charge is -2.35. The van der Waals surface area contributed by atoms with E-state index in [0.29, 0.717) is 34.4 Å². The van der Waals surface area contributed by atoms with Crippen molar-refractivity contribution in [3.8, 4) is 5.69 Å². The van der Waals surface area contributed by atoms with Crippen LogP contribution in [0.4, 0.5) is 17.2 Å². The van der Waals surface area contributed by atoms with Crippen LogP contribution in [0.1, 0.15) is 42.3 Å². The summed E-state index contributed by atoms with van der Waals surface area (Å²) in [4.78, 5) is 30.7. The SMILES string of the molecule is CNc1cc(Nc2cccn(-c3cnn(C4CC4)c3)c2=O)nc2c(C(=O)N[C@@H]3CC[C@H]3OC)onc12. The molecule has 0 aromatic carbocycles. The first-order chi connectivity index (χ1) is 17.6. The fourth-order valence-corrected chi connectivity index (χ4v) is 4.40. The molecule has 2 atom stereocenters. The van der Waals surface area contributed by atoms with Gasteiger partial charge in [-0.15, -0.1) is 0 Å². The third-order valence-electron chi connectivity index (χ3n) is 6.74. The smallest absolute Gasteiger partial charge is 0.292 e. The molecule has 0 unspecified atom stereocenters. The maximum atomic E-state index is 13.2. The molecule has 0 spiro atoms. The molecule has 6 rings (SSSR count). The number of fused-ring (bicyclic) bond motifs is 1. The van der Waals surface area contributed by atoms with Crippen molar-refractivity contribution in [1.82, 2.24) is 29.8 Å². The highest BCUT2D eigenvalue weighted by Crippen LogP contribution is 2.34. The van der Waals surface area contributed by atoms with E-state index in [1.165, 1.54) is 4.57 Å². The number of hydrogen-bond donors (Lipinski definition) is 3. The minimum atomic E-state index is -0.411. The van der Waals surface area contributed by atoms with Crippen LogP contribution in [0.2, 0.25) is 0 Å². The molecule has 36 heavy (non-hydrogen) atoms. The number of methoxy groups -OCH3 is 1. The molecule has 0 aliphatic heterocycles. The van der Waals surface area contributed by atoms with Gasteiger partial charge in [-0.05, 0) is 37.8 Å². The van der Waals surface area contributed by atoms with E-state index < -0.39 is 5.91 Å². The fourth-order valence-electron chi connectivity index (χ4n) is 4.40. The van der Waals surface area contributed by atoms with Crippen molar-refractivity contribution in [2.45, 2.75) is 43.9 Å². The Morgan fingerprint density at radius 2 is 2.06 bits per heavy atom. The van der Waals surface area contributed by atoms with E-state index >= 15 is 0 Å². The average Bonchev–Trinajstić information content (AvgIpc) is 3.44. The monoisotopic (exact) mass is 490 g/mol. The summed E-state index contributed by atoms with van der Waals surface area (Å²) >= 11 is 0. The number of nitrogens with one attached hydrogen (secondary N) is 3. The molecule has 1 amide bonds. The molecule has 0 radical (unpaired) electrons. The number of rotatable bonds is 8. The van der Waals surface area contributed by atoms with Gasteiger partial charge in [0.25, 0.3) is 11.5 Å². The maximum Gasteiger partial charge on any atom is 0.292 e. The number of carbonyl (C=O) groups excluding carboxylic acids is 1. The van der Waals surface area contributed by atoms with E-state index in [-0.39, 0.29) is 29.0 Å². The summed E-state index contributed by atoms with van der Waals surface area (Å²) in [5.41, 5.74) is 2.08. The van der Waals surface area contributed by atoms with Crippen molar-refractivity contribution in [3.63, 3.8) is 0 Å². The molecule has 12 nitrogen and oxygen atoms in total. The Hall–Kier alpha value is -4.19. The lowest BCUT2D eigenvalue weighted by molar-refractivity contribution is 0.00678.